The molecule has 1 aromatic heterocycles. The average Bonchev–Trinajstić information content (AvgIpc) is 2.72. The minimum Gasteiger partial charge on any atom is -0.321 e. The van der Waals surface area contributed by atoms with Crippen LogP contribution in [-0.4, -0.2) is 20.2 Å². The van der Waals surface area contributed by atoms with E-state index in [0.29, 0.717) is 5.82 Å². The Labute approximate surface area is 70.9 Å². The first-order chi connectivity index (χ1) is 5.75. The molecule has 1 heterocycles. The number of hydrogen-bond acceptors (Lipinski definition) is 4. The smallest absolute Gasteiger partial charge is 0.191 e. The van der Waals surface area contributed by atoms with Crippen LogP contribution in [0.5, 0.6) is 0 Å². The van der Waals surface area contributed by atoms with Crippen molar-refractivity contribution in [3.8, 4) is 0 Å². The number of tetrazole rings is 1. The van der Waals surface area contributed by atoms with Gasteiger partial charge in [-0.25, -0.2) is 0 Å². The molecule has 2 N–H and O–H groups in total. The first-order valence-electron chi connectivity index (χ1n) is 4.25. The Morgan fingerprint density at radius 1 is 1.67 bits per heavy atom. The maximum absolute atomic E-state index is 5.87. The maximum atomic E-state index is 5.87. The lowest BCUT2D eigenvalue weighted by molar-refractivity contribution is 0.561. The highest BCUT2D eigenvalue weighted by Crippen LogP contribution is 2.35. The average molecular weight is 167 g/mol. The molecule has 1 unspecified atom stereocenters. The summed E-state index contributed by atoms with van der Waals surface area (Å²) in [6.07, 6.45) is 3.63. The molecule has 1 aliphatic carbocycles. The molecular formula is C7H13N5. The highest BCUT2D eigenvalue weighted by molar-refractivity contribution is 4.90. The molecule has 1 aliphatic rings. The monoisotopic (exact) mass is 167 g/mol. The van der Waals surface area contributed by atoms with Crippen LogP contribution in [-0.2, 0) is 7.05 Å². The Morgan fingerprint density at radius 2 is 2.42 bits per heavy atom. The van der Waals surface area contributed by atoms with Gasteiger partial charge in [0.25, 0.3) is 0 Å². The summed E-state index contributed by atoms with van der Waals surface area (Å²) in [5, 5.41) is 11.7. The minimum atomic E-state index is -0.0220. The Morgan fingerprint density at radius 3 is 2.92 bits per heavy atom. The third-order valence-electron chi connectivity index (χ3n) is 2.14. The first-order valence-corrected chi connectivity index (χ1v) is 4.25. The van der Waals surface area contributed by atoms with E-state index in [-0.39, 0.29) is 6.04 Å². The van der Waals surface area contributed by atoms with Crippen LogP contribution in [0, 0.1) is 5.92 Å². The molecule has 0 amide bonds. The fourth-order valence-corrected chi connectivity index (χ4v) is 1.27. The zero-order chi connectivity index (χ0) is 8.55. The molecule has 1 aromatic rings. The molecule has 12 heavy (non-hydrogen) atoms. The van der Waals surface area contributed by atoms with Crippen molar-refractivity contribution in [2.45, 2.75) is 25.3 Å². The van der Waals surface area contributed by atoms with Gasteiger partial charge in [0.2, 0.25) is 0 Å². The Hall–Kier alpha value is -0.970. The molecular weight excluding hydrogens is 154 g/mol. The van der Waals surface area contributed by atoms with Crippen molar-refractivity contribution >= 4 is 0 Å². The molecule has 0 bridgehead atoms. The second kappa shape index (κ2) is 2.82. The maximum Gasteiger partial charge on any atom is 0.191 e. The molecule has 1 saturated carbocycles. The van der Waals surface area contributed by atoms with Gasteiger partial charge in [-0.3, -0.25) is 0 Å². The van der Waals surface area contributed by atoms with Crippen molar-refractivity contribution in [2.24, 2.45) is 18.7 Å². The second-order valence-electron chi connectivity index (χ2n) is 3.42. The SMILES string of the molecule is Cn1nnc(C(N)CC2CC2)n1. The zero-order valence-electron chi connectivity index (χ0n) is 7.14. The summed E-state index contributed by atoms with van der Waals surface area (Å²) in [6.45, 7) is 0. The van der Waals surface area contributed by atoms with Crippen LogP contribution in [0.25, 0.3) is 0 Å². The van der Waals surface area contributed by atoms with Crippen molar-refractivity contribution in [1.29, 1.82) is 0 Å². The van der Waals surface area contributed by atoms with E-state index in [4.69, 9.17) is 5.73 Å². The van der Waals surface area contributed by atoms with Crippen molar-refractivity contribution in [1.82, 2.24) is 20.2 Å². The van der Waals surface area contributed by atoms with Gasteiger partial charge in [-0.05, 0) is 17.6 Å². The fourth-order valence-electron chi connectivity index (χ4n) is 1.27. The topological polar surface area (TPSA) is 69.6 Å². The third kappa shape index (κ3) is 1.61. The zero-order valence-corrected chi connectivity index (χ0v) is 7.14. The van der Waals surface area contributed by atoms with Gasteiger partial charge in [-0.15, -0.1) is 10.2 Å². The van der Waals surface area contributed by atoms with Gasteiger partial charge in [-0.1, -0.05) is 12.8 Å². The number of aromatic nitrogens is 4. The molecule has 0 aliphatic heterocycles. The third-order valence-corrected chi connectivity index (χ3v) is 2.14. The van der Waals surface area contributed by atoms with E-state index in [2.05, 4.69) is 15.4 Å². The lowest BCUT2D eigenvalue weighted by atomic mass is 10.1. The van der Waals surface area contributed by atoms with E-state index in [1.165, 1.54) is 17.6 Å². The second-order valence-corrected chi connectivity index (χ2v) is 3.42. The number of nitrogens with two attached hydrogens (primary N) is 1. The predicted molar refractivity (Wildman–Crippen MR) is 43.1 cm³/mol. The summed E-state index contributed by atoms with van der Waals surface area (Å²) in [7, 11) is 1.75. The van der Waals surface area contributed by atoms with Crippen molar-refractivity contribution in [3.63, 3.8) is 0 Å². The normalized spacial score (nSPS) is 19.5. The van der Waals surface area contributed by atoms with Crippen LogP contribution in [0.3, 0.4) is 0 Å². The highest BCUT2D eigenvalue weighted by Gasteiger charge is 2.26. The summed E-state index contributed by atoms with van der Waals surface area (Å²) >= 11 is 0. The van der Waals surface area contributed by atoms with Crippen LogP contribution >= 0.6 is 0 Å². The summed E-state index contributed by atoms with van der Waals surface area (Å²) in [5.41, 5.74) is 5.87. The molecule has 0 aromatic carbocycles. The predicted octanol–water partition coefficient (Wildman–Crippen LogP) is 0.01000. The number of hydrogen-bond donors (Lipinski definition) is 1. The molecule has 2 rings (SSSR count). The van der Waals surface area contributed by atoms with E-state index >= 15 is 0 Å². The summed E-state index contributed by atoms with van der Waals surface area (Å²) in [5.74, 6) is 1.48. The highest BCUT2D eigenvalue weighted by atomic mass is 15.6. The Bertz CT molecular complexity index is 265. The quantitative estimate of drug-likeness (QED) is 0.688. The molecule has 5 nitrogen and oxygen atoms in total. The van der Waals surface area contributed by atoms with E-state index in [9.17, 15) is 0 Å². The molecule has 1 fully saturated rings. The van der Waals surface area contributed by atoms with Crippen LogP contribution in [0.15, 0.2) is 0 Å². The van der Waals surface area contributed by atoms with Crippen LogP contribution in [0.1, 0.15) is 31.1 Å². The van der Waals surface area contributed by atoms with Gasteiger partial charge in [0.05, 0.1) is 13.1 Å². The van der Waals surface area contributed by atoms with Gasteiger partial charge in [0.1, 0.15) is 0 Å². The van der Waals surface area contributed by atoms with Gasteiger partial charge < -0.3 is 5.73 Å². The van der Waals surface area contributed by atoms with E-state index < -0.39 is 0 Å². The van der Waals surface area contributed by atoms with E-state index in [0.717, 1.165) is 12.3 Å². The molecule has 5 heteroatoms. The Kier molecular flexibility index (Phi) is 1.80. The number of nitrogens with zero attached hydrogens (tertiary/aromatic N) is 4. The van der Waals surface area contributed by atoms with Gasteiger partial charge in [0.15, 0.2) is 5.82 Å². The molecule has 0 spiro atoms. The molecule has 66 valence electrons. The van der Waals surface area contributed by atoms with Gasteiger partial charge in [0, 0.05) is 0 Å². The summed E-state index contributed by atoms with van der Waals surface area (Å²) in [6, 6.07) is -0.0220. The molecule has 0 radical (unpaired) electrons. The van der Waals surface area contributed by atoms with E-state index in [1.54, 1.807) is 7.05 Å². The van der Waals surface area contributed by atoms with Crippen molar-refractivity contribution < 1.29 is 0 Å². The fraction of sp³-hybridized carbons (Fsp3) is 0.857. The van der Waals surface area contributed by atoms with Crippen molar-refractivity contribution in [2.75, 3.05) is 0 Å². The summed E-state index contributed by atoms with van der Waals surface area (Å²) < 4.78 is 0. The van der Waals surface area contributed by atoms with Crippen LogP contribution in [0.2, 0.25) is 0 Å². The van der Waals surface area contributed by atoms with Gasteiger partial charge >= 0.3 is 0 Å². The van der Waals surface area contributed by atoms with E-state index in [1.807, 2.05) is 0 Å². The van der Waals surface area contributed by atoms with Crippen LogP contribution < -0.4 is 5.73 Å². The standard InChI is InChI=1S/C7H13N5/c1-12-10-7(9-11-12)6(8)4-5-2-3-5/h5-6H,2-4,8H2,1H3. The van der Waals surface area contributed by atoms with Crippen LogP contribution in [0.4, 0.5) is 0 Å². The molecule has 0 saturated heterocycles. The summed E-state index contributed by atoms with van der Waals surface area (Å²) in [4.78, 5) is 1.45. The molecule has 1 atom stereocenters. The Balaban J connectivity index is 1.97. The minimum absolute atomic E-state index is 0.0220. The lowest BCUT2D eigenvalue weighted by Gasteiger charge is -2.03. The number of rotatable bonds is 3. The first kappa shape index (κ1) is 7.67. The van der Waals surface area contributed by atoms with Gasteiger partial charge in [-0.2, -0.15) is 4.80 Å². The lowest BCUT2D eigenvalue weighted by Crippen LogP contribution is -2.13. The number of aryl methyl sites for hydroxylation is 1. The largest absolute Gasteiger partial charge is 0.321 e. The van der Waals surface area contributed by atoms with Crippen molar-refractivity contribution in [3.05, 3.63) is 5.82 Å².